The topological polar surface area (TPSA) is 102 Å². The smallest absolute Gasteiger partial charge is 0.293 e. The lowest BCUT2D eigenvalue weighted by Gasteiger charge is -2.28. The number of nitro groups is 1. The first-order valence-corrected chi connectivity index (χ1v) is 8.69. The standard InChI is InChI=1S/C19H17N3O6/c1-27-13-4-2-3-12(9-13)21-18(23)14-10-16(20-5-7-28-8-6-20)17(22(25)26)11-15(14)19(21)24/h2-4,9-11H,5-8H2,1H3. The van der Waals surface area contributed by atoms with E-state index in [4.69, 9.17) is 9.47 Å². The summed E-state index contributed by atoms with van der Waals surface area (Å²) in [5.74, 6) is -0.614. The van der Waals surface area contributed by atoms with E-state index in [9.17, 15) is 19.7 Å². The maximum atomic E-state index is 13.0. The monoisotopic (exact) mass is 383 g/mol. The van der Waals surface area contributed by atoms with Gasteiger partial charge in [-0.25, -0.2) is 4.90 Å². The Hall–Kier alpha value is -3.46. The van der Waals surface area contributed by atoms with Gasteiger partial charge in [-0.05, 0) is 18.2 Å². The van der Waals surface area contributed by atoms with Gasteiger partial charge in [-0.15, -0.1) is 0 Å². The van der Waals surface area contributed by atoms with Crippen LogP contribution in [0, 0.1) is 10.1 Å². The number of ether oxygens (including phenoxy) is 2. The third-order valence-corrected chi connectivity index (χ3v) is 4.84. The molecule has 4 rings (SSSR count). The number of anilines is 2. The van der Waals surface area contributed by atoms with Crippen molar-refractivity contribution in [2.45, 2.75) is 0 Å². The van der Waals surface area contributed by atoms with Gasteiger partial charge in [-0.1, -0.05) is 6.07 Å². The second kappa shape index (κ2) is 6.93. The number of benzene rings is 2. The second-order valence-electron chi connectivity index (χ2n) is 6.39. The number of amides is 2. The number of nitro benzene ring substituents is 1. The lowest BCUT2D eigenvalue weighted by atomic mass is 10.1. The van der Waals surface area contributed by atoms with E-state index >= 15 is 0 Å². The van der Waals surface area contributed by atoms with Crippen molar-refractivity contribution in [2.75, 3.05) is 43.2 Å². The van der Waals surface area contributed by atoms with E-state index in [1.165, 1.54) is 19.2 Å². The number of carbonyl (C=O) groups is 2. The molecule has 0 bridgehead atoms. The molecule has 144 valence electrons. The third-order valence-electron chi connectivity index (χ3n) is 4.84. The Morgan fingerprint density at radius 3 is 2.39 bits per heavy atom. The fourth-order valence-electron chi connectivity index (χ4n) is 3.45. The molecule has 2 aliphatic rings. The molecule has 0 atom stereocenters. The van der Waals surface area contributed by atoms with Gasteiger partial charge in [0.05, 0.1) is 42.1 Å². The highest BCUT2D eigenvalue weighted by atomic mass is 16.6. The molecule has 1 fully saturated rings. The second-order valence-corrected chi connectivity index (χ2v) is 6.39. The van der Waals surface area contributed by atoms with Crippen LogP contribution in [-0.2, 0) is 4.74 Å². The molecule has 2 aromatic carbocycles. The van der Waals surface area contributed by atoms with Gasteiger partial charge in [0.1, 0.15) is 11.4 Å². The van der Waals surface area contributed by atoms with E-state index in [2.05, 4.69) is 0 Å². The van der Waals surface area contributed by atoms with Crippen molar-refractivity contribution in [1.29, 1.82) is 0 Å². The molecule has 2 amide bonds. The Kier molecular flexibility index (Phi) is 4.44. The number of imide groups is 1. The fourth-order valence-corrected chi connectivity index (χ4v) is 3.45. The van der Waals surface area contributed by atoms with Crippen LogP contribution in [0.1, 0.15) is 20.7 Å². The van der Waals surface area contributed by atoms with Crippen molar-refractivity contribution >= 4 is 28.9 Å². The number of methoxy groups -OCH3 is 1. The molecule has 0 radical (unpaired) electrons. The maximum absolute atomic E-state index is 13.0. The number of rotatable bonds is 4. The van der Waals surface area contributed by atoms with Crippen LogP contribution in [0.5, 0.6) is 5.75 Å². The quantitative estimate of drug-likeness (QED) is 0.453. The Morgan fingerprint density at radius 2 is 1.75 bits per heavy atom. The minimum Gasteiger partial charge on any atom is -0.497 e. The first-order valence-electron chi connectivity index (χ1n) is 8.69. The van der Waals surface area contributed by atoms with Crippen molar-refractivity contribution in [1.82, 2.24) is 0 Å². The lowest BCUT2D eigenvalue weighted by molar-refractivity contribution is -0.384. The Morgan fingerprint density at radius 1 is 1.07 bits per heavy atom. The minimum absolute atomic E-state index is 0.0246. The number of hydrogen-bond acceptors (Lipinski definition) is 7. The largest absolute Gasteiger partial charge is 0.497 e. The maximum Gasteiger partial charge on any atom is 0.293 e. The van der Waals surface area contributed by atoms with Gasteiger partial charge in [0, 0.05) is 25.2 Å². The van der Waals surface area contributed by atoms with Crippen molar-refractivity contribution in [3.8, 4) is 5.75 Å². The van der Waals surface area contributed by atoms with Crippen LogP contribution in [0.25, 0.3) is 0 Å². The van der Waals surface area contributed by atoms with Crippen LogP contribution in [0.2, 0.25) is 0 Å². The molecule has 28 heavy (non-hydrogen) atoms. The summed E-state index contributed by atoms with van der Waals surface area (Å²) in [7, 11) is 1.49. The molecule has 0 aromatic heterocycles. The zero-order valence-corrected chi connectivity index (χ0v) is 15.1. The summed E-state index contributed by atoms with van der Waals surface area (Å²) in [5, 5.41) is 11.6. The number of fused-ring (bicyclic) bond motifs is 1. The highest BCUT2D eigenvalue weighted by molar-refractivity contribution is 6.35. The highest BCUT2D eigenvalue weighted by Crippen LogP contribution is 2.38. The molecule has 2 heterocycles. The van der Waals surface area contributed by atoms with Crippen LogP contribution >= 0.6 is 0 Å². The number of hydrogen-bond donors (Lipinski definition) is 0. The number of morpholine rings is 1. The summed E-state index contributed by atoms with van der Waals surface area (Å²) >= 11 is 0. The Labute approximate surface area is 160 Å². The first kappa shape index (κ1) is 17.9. The predicted molar refractivity (Wildman–Crippen MR) is 100 cm³/mol. The van der Waals surface area contributed by atoms with Gasteiger partial charge >= 0.3 is 0 Å². The average Bonchev–Trinajstić information content (AvgIpc) is 2.97. The summed E-state index contributed by atoms with van der Waals surface area (Å²) in [5.41, 5.74) is 0.646. The molecule has 9 nitrogen and oxygen atoms in total. The van der Waals surface area contributed by atoms with Gasteiger partial charge in [0.2, 0.25) is 0 Å². The van der Waals surface area contributed by atoms with E-state index in [1.54, 1.807) is 29.2 Å². The Bertz CT molecular complexity index is 984. The molecule has 0 N–H and O–H groups in total. The van der Waals surface area contributed by atoms with Crippen molar-refractivity contribution in [2.24, 2.45) is 0 Å². The molecule has 2 aliphatic heterocycles. The molecule has 0 unspecified atom stereocenters. The highest BCUT2D eigenvalue weighted by Gasteiger charge is 2.40. The van der Waals surface area contributed by atoms with Crippen molar-refractivity contribution in [3.05, 3.63) is 57.6 Å². The van der Waals surface area contributed by atoms with Crippen LogP contribution < -0.4 is 14.5 Å². The summed E-state index contributed by atoms with van der Waals surface area (Å²) in [6, 6.07) is 9.18. The molecule has 0 spiro atoms. The summed E-state index contributed by atoms with van der Waals surface area (Å²) in [4.78, 5) is 39.7. The predicted octanol–water partition coefficient (Wildman–Crippen LogP) is 2.24. The van der Waals surface area contributed by atoms with E-state index in [1.807, 2.05) is 0 Å². The number of carbonyl (C=O) groups excluding carboxylic acids is 2. The SMILES string of the molecule is COc1cccc(N2C(=O)c3cc(N4CCOCC4)c([N+](=O)[O-])cc3C2=O)c1. The molecule has 0 aliphatic carbocycles. The van der Waals surface area contributed by atoms with Gasteiger partial charge in [-0.2, -0.15) is 0 Å². The molecular weight excluding hydrogens is 366 g/mol. The van der Waals surface area contributed by atoms with E-state index in [0.29, 0.717) is 43.4 Å². The Balaban J connectivity index is 1.80. The van der Waals surface area contributed by atoms with Crippen LogP contribution in [-0.4, -0.2) is 50.2 Å². The zero-order chi connectivity index (χ0) is 19.8. The van der Waals surface area contributed by atoms with Gasteiger partial charge in [-0.3, -0.25) is 19.7 Å². The average molecular weight is 383 g/mol. The molecular formula is C19H17N3O6. The molecule has 0 saturated carbocycles. The van der Waals surface area contributed by atoms with Crippen LogP contribution in [0.3, 0.4) is 0 Å². The molecule has 1 saturated heterocycles. The third kappa shape index (κ3) is 2.85. The normalized spacial score (nSPS) is 16.3. The van der Waals surface area contributed by atoms with Gasteiger partial charge in [0.25, 0.3) is 17.5 Å². The van der Waals surface area contributed by atoms with Gasteiger partial charge < -0.3 is 14.4 Å². The lowest BCUT2D eigenvalue weighted by Crippen LogP contribution is -2.36. The summed E-state index contributed by atoms with van der Waals surface area (Å²) in [6.45, 7) is 1.83. The summed E-state index contributed by atoms with van der Waals surface area (Å²) < 4.78 is 10.5. The molecule has 9 heteroatoms. The number of nitrogens with zero attached hydrogens (tertiary/aromatic N) is 3. The van der Waals surface area contributed by atoms with E-state index < -0.39 is 16.7 Å². The van der Waals surface area contributed by atoms with Crippen LogP contribution in [0.15, 0.2) is 36.4 Å². The zero-order valence-electron chi connectivity index (χ0n) is 15.1. The minimum atomic E-state index is -0.593. The van der Waals surface area contributed by atoms with Crippen molar-refractivity contribution < 1.29 is 24.0 Å². The van der Waals surface area contributed by atoms with E-state index in [0.717, 1.165) is 4.90 Å². The van der Waals surface area contributed by atoms with Gasteiger partial charge in [0.15, 0.2) is 0 Å². The first-order chi connectivity index (χ1) is 13.5. The van der Waals surface area contributed by atoms with Crippen molar-refractivity contribution in [3.63, 3.8) is 0 Å². The summed E-state index contributed by atoms with van der Waals surface area (Å²) in [6.07, 6.45) is 0. The van der Waals surface area contributed by atoms with E-state index in [-0.39, 0.29) is 16.8 Å². The fraction of sp³-hybridized carbons (Fsp3) is 0.263. The molecule has 2 aromatic rings. The van der Waals surface area contributed by atoms with Crippen LogP contribution in [0.4, 0.5) is 17.1 Å².